The molecule has 1 aromatic heterocycles. The zero-order valence-corrected chi connectivity index (χ0v) is 18.0. The second-order valence-corrected chi connectivity index (χ2v) is 7.68. The molecular formula is C25H20ClFN4O. The number of carbonyl (C=O) groups is 1. The number of aromatic nitrogens is 2. The summed E-state index contributed by atoms with van der Waals surface area (Å²) in [7, 11) is 0. The van der Waals surface area contributed by atoms with Crippen LogP contribution in [0.4, 0.5) is 16.0 Å². The molecule has 0 aliphatic rings. The van der Waals surface area contributed by atoms with Gasteiger partial charge in [-0.25, -0.2) is 14.4 Å². The fraction of sp³-hybridized carbons (Fsp3) is 0.0800. The highest BCUT2D eigenvalue weighted by molar-refractivity contribution is 6.30. The van der Waals surface area contributed by atoms with Gasteiger partial charge in [-0.05, 0) is 49.4 Å². The Bertz CT molecular complexity index is 1160. The predicted octanol–water partition coefficient (Wildman–Crippen LogP) is 5.96. The lowest BCUT2D eigenvalue weighted by Crippen LogP contribution is -2.23. The summed E-state index contributed by atoms with van der Waals surface area (Å²) in [4.78, 5) is 21.5. The van der Waals surface area contributed by atoms with Crippen molar-refractivity contribution in [2.75, 3.05) is 17.2 Å². The van der Waals surface area contributed by atoms with Crippen molar-refractivity contribution >= 4 is 29.1 Å². The van der Waals surface area contributed by atoms with E-state index >= 15 is 0 Å². The van der Waals surface area contributed by atoms with E-state index in [-0.39, 0.29) is 24.2 Å². The van der Waals surface area contributed by atoms with Gasteiger partial charge in [-0.3, -0.25) is 10.1 Å². The van der Waals surface area contributed by atoms with Gasteiger partial charge in [-0.1, -0.05) is 53.6 Å². The lowest BCUT2D eigenvalue weighted by molar-refractivity contribution is -0.114. The lowest BCUT2D eigenvalue weighted by Gasteiger charge is -2.11. The van der Waals surface area contributed by atoms with Gasteiger partial charge < -0.3 is 5.32 Å². The van der Waals surface area contributed by atoms with Crippen molar-refractivity contribution in [2.24, 2.45) is 0 Å². The van der Waals surface area contributed by atoms with Crippen molar-refractivity contribution in [3.63, 3.8) is 0 Å². The number of anilines is 2. The summed E-state index contributed by atoms with van der Waals surface area (Å²) in [6.07, 6.45) is 0. The van der Waals surface area contributed by atoms with Gasteiger partial charge in [-0.2, -0.15) is 0 Å². The maximum atomic E-state index is 13.0. The molecule has 7 heteroatoms. The topological polar surface area (TPSA) is 66.9 Å². The molecule has 32 heavy (non-hydrogen) atoms. The Hall–Kier alpha value is -3.77. The molecule has 0 spiro atoms. The zero-order valence-electron chi connectivity index (χ0n) is 17.3. The molecule has 0 aliphatic carbocycles. The van der Waals surface area contributed by atoms with Crippen LogP contribution in [-0.4, -0.2) is 22.4 Å². The SMILES string of the molecule is Cc1ccc(-c2cc(-c3ccc(Cl)cc3)nc(NC(=O)CNc3ccc(F)cc3)n2)cc1. The van der Waals surface area contributed by atoms with Crippen molar-refractivity contribution in [1.82, 2.24) is 9.97 Å². The molecule has 0 saturated heterocycles. The highest BCUT2D eigenvalue weighted by atomic mass is 35.5. The minimum Gasteiger partial charge on any atom is -0.376 e. The molecule has 4 rings (SSSR count). The fourth-order valence-corrected chi connectivity index (χ4v) is 3.19. The van der Waals surface area contributed by atoms with Crippen molar-refractivity contribution in [3.8, 4) is 22.5 Å². The van der Waals surface area contributed by atoms with Crippen molar-refractivity contribution < 1.29 is 9.18 Å². The Kier molecular flexibility index (Phi) is 6.42. The molecule has 4 aromatic rings. The van der Waals surface area contributed by atoms with Crippen LogP contribution in [0.2, 0.25) is 5.02 Å². The van der Waals surface area contributed by atoms with Crippen LogP contribution in [0.25, 0.3) is 22.5 Å². The van der Waals surface area contributed by atoms with E-state index in [0.717, 1.165) is 16.7 Å². The van der Waals surface area contributed by atoms with Gasteiger partial charge in [0.2, 0.25) is 11.9 Å². The average Bonchev–Trinajstić information content (AvgIpc) is 2.79. The zero-order chi connectivity index (χ0) is 22.5. The van der Waals surface area contributed by atoms with Crippen LogP contribution in [-0.2, 0) is 4.79 Å². The first kappa shape index (κ1) is 21.5. The highest BCUT2D eigenvalue weighted by Crippen LogP contribution is 2.26. The van der Waals surface area contributed by atoms with Gasteiger partial charge in [0, 0.05) is 21.8 Å². The number of hydrogen-bond donors (Lipinski definition) is 2. The van der Waals surface area contributed by atoms with Gasteiger partial charge in [0.15, 0.2) is 0 Å². The van der Waals surface area contributed by atoms with Gasteiger partial charge in [0.05, 0.1) is 17.9 Å². The van der Waals surface area contributed by atoms with Crippen LogP contribution >= 0.6 is 11.6 Å². The summed E-state index contributed by atoms with van der Waals surface area (Å²) in [6.45, 7) is 2.00. The first-order valence-electron chi connectivity index (χ1n) is 9.98. The number of carbonyl (C=O) groups excluding carboxylic acids is 1. The second kappa shape index (κ2) is 9.58. The van der Waals surface area contributed by atoms with Gasteiger partial charge >= 0.3 is 0 Å². The molecule has 1 heterocycles. The molecule has 5 nitrogen and oxygen atoms in total. The van der Waals surface area contributed by atoms with E-state index in [9.17, 15) is 9.18 Å². The lowest BCUT2D eigenvalue weighted by atomic mass is 10.1. The maximum absolute atomic E-state index is 13.0. The standard InChI is InChI=1S/C25H20ClFN4O/c1-16-2-4-17(5-3-16)22-14-23(18-6-8-19(26)9-7-18)30-25(29-22)31-24(32)15-28-21-12-10-20(27)11-13-21/h2-14,28H,15H2,1H3,(H,29,30,31,32). The van der Waals surface area contributed by atoms with Gasteiger partial charge in [0.25, 0.3) is 0 Å². The third-order valence-electron chi connectivity index (χ3n) is 4.76. The summed E-state index contributed by atoms with van der Waals surface area (Å²) < 4.78 is 13.0. The van der Waals surface area contributed by atoms with E-state index in [4.69, 9.17) is 11.6 Å². The molecule has 0 atom stereocenters. The first-order valence-corrected chi connectivity index (χ1v) is 10.4. The normalized spacial score (nSPS) is 10.6. The van der Waals surface area contributed by atoms with Crippen molar-refractivity contribution in [3.05, 3.63) is 95.3 Å². The second-order valence-electron chi connectivity index (χ2n) is 7.24. The van der Waals surface area contributed by atoms with Crippen molar-refractivity contribution in [2.45, 2.75) is 6.92 Å². The molecule has 0 bridgehead atoms. The summed E-state index contributed by atoms with van der Waals surface area (Å²) in [6, 6.07) is 22.9. The van der Waals surface area contributed by atoms with Gasteiger partial charge in [-0.15, -0.1) is 0 Å². The van der Waals surface area contributed by atoms with Crippen LogP contribution in [0.15, 0.2) is 78.9 Å². The quantitative estimate of drug-likeness (QED) is 0.383. The Labute approximate surface area is 190 Å². The van der Waals surface area contributed by atoms with Crippen LogP contribution in [0.3, 0.4) is 0 Å². The summed E-state index contributed by atoms with van der Waals surface area (Å²) in [5, 5.41) is 6.32. The van der Waals surface area contributed by atoms with E-state index < -0.39 is 0 Å². The van der Waals surface area contributed by atoms with Crippen LogP contribution in [0, 0.1) is 12.7 Å². The first-order chi connectivity index (χ1) is 15.5. The minimum atomic E-state index is -0.337. The molecule has 0 radical (unpaired) electrons. The van der Waals surface area contributed by atoms with E-state index in [2.05, 4.69) is 20.6 Å². The van der Waals surface area contributed by atoms with Crippen LogP contribution in [0.5, 0.6) is 0 Å². The number of hydrogen-bond acceptors (Lipinski definition) is 4. The number of amides is 1. The summed E-state index contributed by atoms with van der Waals surface area (Å²) >= 11 is 6.02. The number of benzene rings is 3. The molecule has 2 N–H and O–H groups in total. The highest BCUT2D eigenvalue weighted by Gasteiger charge is 2.11. The molecular weight excluding hydrogens is 427 g/mol. The fourth-order valence-electron chi connectivity index (χ4n) is 3.06. The van der Waals surface area contributed by atoms with Crippen molar-refractivity contribution in [1.29, 1.82) is 0 Å². The largest absolute Gasteiger partial charge is 0.376 e. The number of nitrogens with one attached hydrogen (secondary N) is 2. The van der Waals surface area contributed by atoms with E-state index in [1.165, 1.54) is 12.1 Å². The Balaban J connectivity index is 1.59. The smallest absolute Gasteiger partial charge is 0.246 e. The molecule has 0 saturated carbocycles. The Morgan fingerprint density at radius 1 is 0.875 bits per heavy atom. The number of rotatable bonds is 6. The summed E-state index contributed by atoms with van der Waals surface area (Å²) in [5.74, 6) is -0.465. The number of halogens is 2. The average molecular weight is 447 g/mol. The predicted molar refractivity (Wildman–Crippen MR) is 126 cm³/mol. The summed E-state index contributed by atoms with van der Waals surface area (Å²) in [5.41, 5.74) is 4.89. The molecule has 0 fully saturated rings. The Morgan fingerprint density at radius 3 is 2.03 bits per heavy atom. The molecule has 3 aromatic carbocycles. The molecule has 160 valence electrons. The molecule has 0 unspecified atom stereocenters. The maximum Gasteiger partial charge on any atom is 0.246 e. The Morgan fingerprint density at radius 2 is 1.44 bits per heavy atom. The minimum absolute atomic E-state index is 0.0139. The van der Waals surface area contributed by atoms with Crippen LogP contribution < -0.4 is 10.6 Å². The van der Waals surface area contributed by atoms with E-state index in [1.54, 1.807) is 24.3 Å². The van der Waals surface area contributed by atoms with E-state index in [1.807, 2.05) is 49.4 Å². The third-order valence-corrected chi connectivity index (χ3v) is 5.01. The van der Waals surface area contributed by atoms with E-state index in [0.29, 0.717) is 22.1 Å². The molecule has 0 aliphatic heterocycles. The third kappa shape index (κ3) is 5.47. The molecule has 1 amide bonds. The van der Waals surface area contributed by atoms with Gasteiger partial charge in [0.1, 0.15) is 5.82 Å². The monoisotopic (exact) mass is 446 g/mol. The number of nitrogens with zero attached hydrogens (tertiary/aromatic N) is 2. The number of aryl methyl sites for hydroxylation is 1. The van der Waals surface area contributed by atoms with Crippen LogP contribution in [0.1, 0.15) is 5.56 Å².